The number of para-hydroxylation sites is 3. The van der Waals surface area contributed by atoms with E-state index >= 15 is 0 Å². The van der Waals surface area contributed by atoms with Crippen LogP contribution in [0.2, 0.25) is 0 Å². The van der Waals surface area contributed by atoms with E-state index in [0.29, 0.717) is 0 Å². The zero-order valence-corrected chi connectivity index (χ0v) is 29.7. The molecule has 2 aliphatic rings. The SMILES string of the molecule is CC1(C)CCC(C)(C)c2cc(-c3cccc(-c4ccc5c(c4)C(C)(C)CCC5(C)C)c3N(c3ccccc3)c3ccccc3)ccc21. The first-order chi connectivity index (χ1) is 22.3. The molecule has 7 rings (SSSR count). The van der Waals surface area contributed by atoms with E-state index in [2.05, 4.69) is 176 Å². The van der Waals surface area contributed by atoms with E-state index < -0.39 is 0 Å². The Kier molecular flexibility index (Phi) is 7.55. The molecule has 0 atom stereocenters. The highest BCUT2D eigenvalue weighted by Crippen LogP contribution is 2.52. The zero-order chi connectivity index (χ0) is 33.2. The topological polar surface area (TPSA) is 3.24 Å². The molecule has 0 bridgehead atoms. The van der Waals surface area contributed by atoms with Crippen molar-refractivity contribution in [3.8, 4) is 22.3 Å². The summed E-state index contributed by atoms with van der Waals surface area (Å²) in [5.74, 6) is 0. The second kappa shape index (κ2) is 11.3. The van der Waals surface area contributed by atoms with Gasteiger partial charge in [0, 0.05) is 22.5 Å². The maximum absolute atomic E-state index is 2.52. The van der Waals surface area contributed by atoms with Crippen molar-refractivity contribution >= 4 is 17.1 Å². The van der Waals surface area contributed by atoms with E-state index in [1.54, 1.807) is 0 Å². The van der Waals surface area contributed by atoms with Gasteiger partial charge in [-0.05, 0) is 105 Å². The normalized spacial score (nSPS) is 18.6. The molecule has 0 N–H and O–H groups in total. The highest BCUT2D eigenvalue weighted by Gasteiger charge is 2.39. The largest absolute Gasteiger partial charge is 0.309 e. The summed E-state index contributed by atoms with van der Waals surface area (Å²) in [5.41, 5.74) is 15.2. The van der Waals surface area contributed by atoms with Crippen LogP contribution in [-0.2, 0) is 21.7 Å². The zero-order valence-electron chi connectivity index (χ0n) is 29.7. The van der Waals surface area contributed by atoms with E-state index in [0.717, 1.165) is 11.4 Å². The van der Waals surface area contributed by atoms with E-state index in [-0.39, 0.29) is 21.7 Å². The van der Waals surface area contributed by atoms with Gasteiger partial charge in [-0.25, -0.2) is 0 Å². The maximum Gasteiger partial charge on any atom is 0.0618 e. The Morgan fingerprint density at radius 2 is 0.745 bits per heavy atom. The van der Waals surface area contributed by atoms with Crippen molar-refractivity contribution in [3.05, 3.63) is 138 Å². The number of anilines is 3. The summed E-state index contributed by atoms with van der Waals surface area (Å²) < 4.78 is 0. The third-order valence-corrected chi connectivity index (χ3v) is 11.6. The van der Waals surface area contributed by atoms with Gasteiger partial charge in [-0.2, -0.15) is 0 Å². The minimum Gasteiger partial charge on any atom is -0.309 e. The fourth-order valence-electron chi connectivity index (χ4n) is 8.32. The van der Waals surface area contributed by atoms with Gasteiger partial charge in [-0.1, -0.05) is 146 Å². The molecule has 5 aromatic rings. The lowest BCUT2D eigenvalue weighted by atomic mass is 9.62. The van der Waals surface area contributed by atoms with Crippen LogP contribution in [0.4, 0.5) is 17.1 Å². The van der Waals surface area contributed by atoms with Crippen molar-refractivity contribution in [2.75, 3.05) is 4.90 Å². The first kappa shape index (κ1) is 31.5. The first-order valence-corrected chi connectivity index (χ1v) is 17.6. The summed E-state index contributed by atoms with van der Waals surface area (Å²) in [7, 11) is 0. The van der Waals surface area contributed by atoms with Crippen LogP contribution in [0.3, 0.4) is 0 Å². The quantitative estimate of drug-likeness (QED) is 0.190. The molecule has 47 heavy (non-hydrogen) atoms. The summed E-state index contributed by atoms with van der Waals surface area (Å²) in [6.45, 7) is 19.4. The summed E-state index contributed by atoms with van der Waals surface area (Å²) in [5, 5.41) is 0. The van der Waals surface area contributed by atoms with Crippen LogP contribution < -0.4 is 4.90 Å². The van der Waals surface area contributed by atoms with Gasteiger partial charge in [0.15, 0.2) is 0 Å². The van der Waals surface area contributed by atoms with Gasteiger partial charge in [0.1, 0.15) is 0 Å². The average molecular weight is 618 g/mol. The Hall–Kier alpha value is -4.10. The maximum atomic E-state index is 2.52. The molecule has 0 heterocycles. The van der Waals surface area contributed by atoms with Crippen molar-refractivity contribution < 1.29 is 0 Å². The summed E-state index contributed by atoms with van der Waals surface area (Å²) in [6, 6.07) is 43.4. The van der Waals surface area contributed by atoms with Crippen LogP contribution in [-0.4, -0.2) is 0 Å². The molecule has 0 spiro atoms. The average Bonchev–Trinajstić information content (AvgIpc) is 3.06. The summed E-state index contributed by atoms with van der Waals surface area (Å²) in [6.07, 6.45) is 4.83. The molecule has 2 aliphatic carbocycles. The second-order valence-electron chi connectivity index (χ2n) is 16.8. The molecule has 240 valence electrons. The number of hydrogen-bond acceptors (Lipinski definition) is 1. The highest BCUT2D eigenvalue weighted by molar-refractivity contribution is 5.97. The predicted molar refractivity (Wildman–Crippen MR) is 203 cm³/mol. The number of benzene rings is 5. The fourth-order valence-corrected chi connectivity index (χ4v) is 8.32. The van der Waals surface area contributed by atoms with Gasteiger partial charge in [0.2, 0.25) is 0 Å². The van der Waals surface area contributed by atoms with Crippen LogP contribution in [0.1, 0.15) is 103 Å². The number of fused-ring (bicyclic) bond motifs is 2. The van der Waals surface area contributed by atoms with Crippen molar-refractivity contribution in [2.45, 2.75) is 103 Å². The van der Waals surface area contributed by atoms with Gasteiger partial charge in [0.05, 0.1) is 5.69 Å². The van der Waals surface area contributed by atoms with Crippen LogP contribution in [0, 0.1) is 0 Å². The van der Waals surface area contributed by atoms with Gasteiger partial charge in [-0.15, -0.1) is 0 Å². The monoisotopic (exact) mass is 617 g/mol. The minimum atomic E-state index is 0.133. The fraction of sp³-hybridized carbons (Fsp3) is 0.348. The smallest absolute Gasteiger partial charge is 0.0618 e. The molecular weight excluding hydrogens is 567 g/mol. The van der Waals surface area contributed by atoms with Gasteiger partial charge in [0.25, 0.3) is 0 Å². The molecule has 0 unspecified atom stereocenters. The molecule has 0 saturated carbocycles. The molecule has 1 nitrogen and oxygen atoms in total. The summed E-state index contributed by atoms with van der Waals surface area (Å²) >= 11 is 0. The van der Waals surface area contributed by atoms with Crippen LogP contribution >= 0.6 is 0 Å². The molecule has 5 aromatic carbocycles. The molecule has 0 saturated heterocycles. The lowest BCUT2D eigenvalue weighted by Gasteiger charge is -2.42. The number of nitrogens with zero attached hydrogens (tertiary/aromatic N) is 1. The van der Waals surface area contributed by atoms with Gasteiger partial charge < -0.3 is 4.90 Å². The van der Waals surface area contributed by atoms with E-state index in [1.807, 2.05) is 0 Å². The lowest BCUT2D eigenvalue weighted by Crippen LogP contribution is -2.33. The summed E-state index contributed by atoms with van der Waals surface area (Å²) in [4.78, 5) is 2.48. The Balaban J connectivity index is 1.53. The third-order valence-electron chi connectivity index (χ3n) is 11.6. The Morgan fingerprint density at radius 3 is 1.13 bits per heavy atom. The van der Waals surface area contributed by atoms with Crippen molar-refractivity contribution in [1.29, 1.82) is 0 Å². The van der Waals surface area contributed by atoms with Crippen LogP contribution in [0.15, 0.2) is 115 Å². The number of hydrogen-bond donors (Lipinski definition) is 0. The Bertz CT molecular complexity index is 1790. The lowest BCUT2D eigenvalue weighted by molar-refractivity contribution is 0.332. The number of rotatable bonds is 5. The van der Waals surface area contributed by atoms with E-state index in [9.17, 15) is 0 Å². The van der Waals surface area contributed by atoms with Crippen molar-refractivity contribution in [1.82, 2.24) is 0 Å². The second-order valence-corrected chi connectivity index (χ2v) is 16.8. The molecule has 0 radical (unpaired) electrons. The van der Waals surface area contributed by atoms with E-state index in [1.165, 1.54) is 75.9 Å². The van der Waals surface area contributed by atoms with Crippen molar-refractivity contribution in [2.24, 2.45) is 0 Å². The van der Waals surface area contributed by atoms with Crippen molar-refractivity contribution in [3.63, 3.8) is 0 Å². The molecule has 0 aromatic heterocycles. The Labute approximate surface area is 283 Å². The highest BCUT2D eigenvalue weighted by atomic mass is 15.1. The van der Waals surface area contributed by atoms with Gasteiger partial charge >= 0.3 is 0 Å². The van der Waals surface area contributed by atoms with Crippen LogP contribution in [0.25, 0.3) is 22.3 Å². The molecule has 1 heteroatoms. The molecule has 0 amide bonds. The van der Waals surface area contributed by atoms with Gasteiger partial charge in [-0.3, -0.25) is 0 Å². The predicted octanol–water partition coefficient (Wildman–Crippen LogP) is 13.2. The molecule has 0 aliphatic heterocycles. The Morgan fingerprint density at radius 1 is 0.383 bits per heavy atom. The first-order valence-electron chi connectivity index (χ1n) is 17.6. The minimum absolute atomic E-state index is 0.133. The van der Waals surface area contributed by atoms with Crippen LogP contribution in [0.5, 0.6) is 0 Å². The van der Waals surface area contributed by atoms with E-state index in [4.69, 9.17) is 0 Å². The standard InChI is InChI=1S/C46H51N/c1-43(2)26-28-45(5,6)40-30-32(22-24-38(40)43)36-20-15-21-37(33-23-25-39-41(31-33)46(7,8)29-27-44(39,3)4)42(36)47(34-16-11-9-12-17-34)35-18-13-10-14-19-35/h9-25,30-31H,26-29H2,1-8H3. The molecular formula is C46H51N. The third kappa shape index (κ3) is 5.52. The molecule has 0 fully saturated rings.